The Hall–Kier alpha value is -2.62. The Kier molecular flexibility index (Phi) is 8.61. The zero-order valence-electron chi connectivity index (χ0n) is 24.9. The molecule has 0 aromatic heterocycles. The molecule has 0 amide bonds. The second-order valence-corrected chi connectivity index (χ2v) is 11.9. The molecule has 3 aromatic rings. The molecule has 0 spiro atoms. The Morgan fingerprint density at radius 2 is 0.892 bits per heavy atom. The summed E-state index contributed by atoms with van der Waals surface area (Å²) < 4.78 is 1.19. The number of benzene rings is 3. The van der Waals surface area contributed by atoms with Gasteiger partial charge in [-0.05, 0) is 117 Å². The van der Waals surface area contributed by atoms with Crippen molar-refractivity contribution in [3.8, 4) is 0 Å². The van der Waals surface area contributed by atoms with Crippen molar-refractivity contribution in [2.24, 2.45) is 0 Å². The molecular formula is C34H49N3. The number of quaternary nitrogens is 2. The molecule has 3 rings (SSSR count). The van der Waals surface area contributed by atoms with Crippen molar-refractivity contribution in [2.75, 3.05) is 4.90 Å². The Balaban J connectivity index is 2.50. The van der Waals surface area contributed by atoms with Gasteiger partial charge in [-0.1, -0.05) is 30.3 Å². The van der Waals surface area contributed by atoms with Gasteiger partial charge in [-0.2, -0.15) is 0 Å². The standard InChI is InChI=1S/C34H49N3/c1-24(2)36(11,25(3)4)33-20-18-28(9)22-31(33)35(30-16-14-13-15-17-30)32-23-29(10)19-21-34(32)37(12,26(5)6)27(7)8/h13-27H,11-12H2,1-10H3. The van der Waals surface area contributed by atoms with Crippen molar-refractivity contribution in [1.29, 1.82) is 0 Å². The van der Waals surface area contributed by atoms with Crippen molar-refractivity contribution >= 4 is 28.4 Å². The molecule has 3 aromatic carbocycles. The lowest BCUT2D eigenvalue weighted by Crippen LogP contribution is -2.55. The molecular weight excluding hydrogens is 450 g/mol. The molecule has 0 N–H and O–H groups in total. The minimum Gasteiger partial charge on any atom is -0.418 e. The SMILES string of the molecule is [CH2-][N+](c1ccc(C)cc1N(c1ccccc1)c1cc(C)ccc1[N+]([CH2-])(C(C)C)C(C)C)(C(C)C)C(C)C. The molecule has 0 atom stereocenters. The highest BCUT2D eigenvalue weighted by molar-refractivity contribution is 5.90. The lowest BCUT2D eigenvalue weighted by Gasteiger charge is -2.52. The van der Waals surface area contributed by atoms with Gasteiger partial charge in [-0.15, -0.1) is 14.1 Å². The summed E-state index contributed by atoms with van der Waals surface area (Å²) in [5.74, 6) is 0. The fourth-order valence-corrected chi connectivity index (χ4v) is 5.62. The third-order valence-corrected chi connectivity index (χ3v) is 8.34. The molecule has 0 aliphatic heterocycles. The van der Waals surface area contributed by atoms with E-state index in [1.165, 1.54) is 33.9 Å². The first-order chi connectivity index (χ1) is 17.3. The maximum atomic E-state index is 4.84. The average molecular weight is 500 g/mol. The van der Waals surface area contributed by atoms with E-state index in [0.717, 1.165) is 5.69 Å². The first kappa shape index (κ1) is 28.9. The molecule has 0 unspecified atom stereocenters. The molecule has 0 heterocycles. The molecule has 200 valence electrons. The van der Waals surface area contributed by atoms with Gasteiger partial charge in [0.25, 0.3) is 0 Å². The van der Waals surface area contributed by atoms with Gasteiger partial charge in [-0.3, -0.25) is 4.90 Å². The lowest BCUT2D eigenvalue weighted by molar-refractivity contribution is 0.249. The second-order valence-electron chi connectivity index (χ2n) is 11.9. The van der Waals surface area contributed by atoms with Crippen molar-refractivity contribution in [2.45, 2.75) is 93.4 Å². The van der Waals surface area contributed by atoms with Crippen LogP contribution in [0.15, 0.2) is 66.7 Å². The molecule has 3 nitrogen and oxygen atoms in total. The highest BCUT2D eigenvalue weighted by Gasteiger charge is 2.35. The van der Waals surface area contributed by atoms with Crippen molar-refractivity contribution in [1.82, 2.24) is 8.97 Å². The largest absolute Gasteiger partial charge is 0.418 e. The predicted molar refractivity (Wildman–Crippen MR) is 165 cm³/mol. The van der Waals surface area contributed by atoms with Crippen LogP contribution in [-0.2, 0) is 0 Å². The summed E-state index contributed by atoms with van der Waals surface area (Å²) in [5.41, 5.74) is 8.40. The summed E-state index contributed by atoms with van der Waals surface area (Å²) in [5, 5.41) is 0. The summed E-state index contributed by atoms with van der Waals surface area (Å²) in [6.45, 7) is 22.6. The van der Waals surface area contributed by atoms with Gasteiger partial charge in [0.2, 0.25) is 0 Å². The van der Waals surface area contributed by atoms with Gasteiger partial charge in [0.1, 0.15) is 22.7 Å². The van der Waals surface area contributed by atoms with E-state index in [0.29, 0.717) is 33.1 Å². The molecule has 0 saturated heterocycles. The molecule has 0 saturated carbocycles. The van der Waals surface area contributed by atoms with Crippen LogP contribution in [0.1, 0.15) is 66.5 Å². The molecule has 37 heavy (non-hydrogen) atoms. The third kappa shape index (κ3) is 5.22. The highest BCUT2D eigenvalue weighted by atomic mass is 15.4. The van der Waals surface area contributed by atoms with E-state index in [2.05, 4.69) is 141 Å². The van der Waals surface area contributed by atoms with E-state index in [1.54, 1.807) is 0 Å². The van der Waals surface area contributed by atoms with Crippen LogP contribution in [0.4, 0.5) is 28.4 Å². The van der Waals surface area contributed by atoms with Gasteiger partial charge >= 0.3 is 0 Å². The van der Waals surface area contributed by atoms with Gasteiger partial charge < -0.3 is 8.97 Å². The van der Waals surface area contributed by atoms with Gasteiger partial charge in [0, 0.05) is 5.69 Å². The van der Waals surface area contributed by atoms with E-state index in [9.17, 15) is 0 Å². The van der Waals surface area contributed by atoms with Crippen LogP contribution in [-0.4, -0.2) is 24.2 Å². The number of hydrogen-bond acceptors (Lipinski definition) is 1. The topological polar surface area (TPSA) is 3.24 Å². The first-order valence-corrected chi connectivity index (χ1v) is 13.8. The fourth-order valence-electron chi connectivity index (χ4n) is 5.62. The number of hydrogen-bond donors (Lipinski definition) is 0. The van der Waals surface area contributed by atoms with Crippen LogP contribution in [0.2, 0.25) is 0 Å². The minimum absolute atomic E-state index is 0.310. The van der Waals surface area contributed by atoms with Crippen LogP contribution in [0.5, 0.6) is 0 Å². The maximum absolute atomic E-state index is 4.84. The van der Waals surface area contributed by atoms with Crippen molar-refractivity contribution in [3.63, 3.8) is 0 Å². The van der Waals surface area contributed by atoms with E-state index >= 15 is 0 Å². The number of anilines is 3. The summed E-state index contributed by atoms with van der Waals surface area (Å²) in [6.07, 6.45) is 0. The van der Waals surface area contributed by atoms with Crippen molar-refractivity contribution < 1.29 is 0 Å². The van der Waals surface area contributed by atoms with Gasteiger partial charge in [-0.25, -0.2) is 0 Å². The van der Waals surface area contributed by atoms with E-state index in [1.807, 2.05) is 0 Å². The van der Waals surface area contributed by atoms with E-state index in [-0.39, 0.29) is 0 Å². The molecule has 0 aliphatic rings. The lowest BCUT2D eigenvalue weighted by atomic mass is 10.0. The van der Waals surface area contributed by atoms with Crippen molar-refractivity contribution in [3.05, 3.63) is 92.0 Å². The molecule has 0 bridgehead atoms. The fraction of sp³-hybridized carbons (Fsp3) is 0.412. The number of para-hydroxylation sites is 1. The quantitative estimate of drug-likeness (QED) is 0.209. The van der Waals surface area contributed by atoms with Crippen LogP contribution in [0, 0.1) is 27.9 Å². The van der Waals surface area contributed by atoms with Crippen LogP contribution in [0.25, 0.3) is 0 Å². The minimum atomic E-state index is 0.310. The number of rotatable bonds is 9. The van der Waals surface area contributed by atoms with E-state index in [4.69, 9.17) is 14.1 Å². The molecule has 3 heteroatoms. The Labute approximate surface area is 227 Å². The zero-order chi connectivity index (χ0) is 27.7. The first-order valence-electron chi connectivity index (χ1n) is 13.8. The smallest absolute Gasteiger partial charge is 0.131 e. The average Bonchev–Trinajstić information content (AvgIpc) is 2.83. The molecule has 0 radical (unpaired) electrons. The van der Waals surface area contributed by atoms with Crippen LogP contribution >= 0.6 is 0 Å². The van der Waals surface area contributed by atoms with Gasteiger partial charge in [0.15, 0.2) is 0 Å². The van der Waals surface area contributed by atoms with Gasteiger partial charge in [0.05, 0.1) is 24.2 Å². The van der Waals surface area contributed by atoms with E-state index < -0.39 is 0 Å². The second kappa shape index (κ2) is 11.0. The Morgan fingerprint density at radius 3 is 1.22 bits per heavy atom. The monoisotopic (exact) mass is 499 g/mol. The molecule has 0 aliphatic carbocycles. The summed E-state index contributed by atoms with van der Waals surface area (Å²) in [6, 6.07) is 25.7. The summed E-state index contributed by atoms with van der Waals surface area (Å²) in [7, 11) is 9.68. The summed E-state index contributed by atoms with van der Waals surface area (Å²) >= 11 is 0. The summed E-state index contributed by atoms with van der Waals surface area (Å²) in [4.78, 5) is 2.45. The zero-order valence-corrected chi connectivity index (χ0v) is 24.9. The third-order valence-electron chi connectivity index (χ3n) is 8.34. The van der Waals surface area contributed by atoms with Crippen LogP contribution in [0.3, 0.4) is 0 Å². The molecule has 0 fully saturated rings. The highest BCUT2D eigenvalue weighted by Crippen LogP contribution is 2.49. The Bertz CT molecular complexity index is 1100. The predicted octanol–water partition coefficient (Wildman–Crippen LogP) is 9.60. The normalized spacial score (nSPS) is 12.8. The Morgan fingerprint density at radius 1 is 0.541 bits per heavy atom. The number of nitrogens with zero attached hydrogens (tertiary/aromatic N) is 3. The maximum Gasteiger partial charge on any atom is 0.131 e. The van der Waals surface area contributed by atoms with Crippen LogP contribution < -0.4 is 13.9 Å². The number of aryl methyl sites for hydroxylation is 2.